The summed E-state index contributed by atoms with van der Waals surface area (Å²) in [5.74, 6) is 1.69. The van der Waals surface area contributed by atoms with E-state index >= 15 is 0 Å². The number of amides is 1. The van der Waals surface area contributed by atoms with Gasteiger partial charge in [-0.1, -0.05) is 22.0 Å². The molecule has 1 atom stereocenters. The molecule has 130 valence electrons. The molecule has 0 saturated carbocycles. The van der Waals surface area contributed by atoms with E-state index in [0.29, 0.717) is 24.7 Å². The Balaban J connectivity index is 0.00000208. The fourth-order valence-electron chi connectivity index (χ4n) is 2.57. The van der Waals surface area contributed by atoms with Crippen molar-refractivity contribution in [2.75, 3.05) is 19.6 Å². The molecule has 0 unspecified atom stereocenters. The summed E-state index contributed by atoms with van der Waals surface area (Å²) >= 11 is 3.40. The molecule has 1 amide bonds. The summed E-state index contributed by atoms with van der Waals surface area (Å²) in [6.45, 7) is 4.65. The Bertz CT molecular complexity index is 692. The second kappa shape index (κ2) is 8.55. The van der Waals surface area contributed by atoms with Crippen LogP contribution in [0.4, 0.5) is 0 Å². The molecule has 1 aliphatic rings. The predicted octanol–water partition coefficient (Wildman–Crippen LogP) is 3.48. The van der Waals surface area contributed by atoms with Gasteiger partial charge in [-0.2, -0.15) is 0 Å². The molecule has 1 saturated heterocycles. The molecule has 1 aliphatic heterocycles. The second-order valence-corrected chi connectivity index (χ2v) is 6.48. The Kier molecular flexibility index (Phi) is 6.71. The number of piperazine rings is 1. The van der Waals surface area contributed by atoms with Gasteiger partial charge in [-0.05, 0) is 37.3 Å². The molecule has 5 nitrogen and oxygen atoms in total. The van der Waals surface area contributed by atoms with E-state index in [1.54, 1.807) is 12.1 Å². The number of hydrogen-bond donors (Lipinski definition) is 1. The first-order valence-corrected chi connectivity index (χ1v) is 8.41. The summed E-state index contributed by atoms with van der Waals surface area (Å²) < 4.78 is 12.3. The van der Waals surface area contributed by atoms with E-state index in [2.05, 4.69) is 21.2 Å². The Morgan fingerprint density at radius 3 is 3.00 bits per heavy atom. The van der Waals surface area contributed by atoms with Crippen molar-refractivity contribution < 1.29 is 13.9 Å². The third kappa shape index (κ3) is 4.53. The molecular formula is C17H20BrClN2O3. The summed E-state index contributed by atoms with van der Waals surface area (Å²) in [4.78, 5) is 14.3. The molecule has 7 heteroatoms. The van der Waals surface area contributed by atoms with Crippen LogP contribution in [0.5, 0.6) is 5.75 Å². The van der Waals surface area contributed by atoms with Gasteiger partial charge in [0.05, 0.1) is 0 Å². The molecule has 0 radical (unpaired) electrons. The fraction of sp³-hybridized carbons (Fsp3) is 0.353. The van der Waals surface area contributed by atoms with Crippen molar-refractivity contribution >= 4 is 34.2 Å². The molecule has 2 aromatic rings. The third-order valence-electron chi connectivity index (χ3n) is 3.81. The van der Waals surface area contributed by atoms with Crippen LogP contribution < -0.4 is 10.1 Å². The van der Waals surface area contributed by atoms with Crippen molar-refractivity contribution in [3.05, 3.63) is 52.4 Å². The van der Waals surface area contributed by atoms with E-state index in [9.17, 15) is 4.79 Å². The lowest BCUT2D eigenvalue weighted by molar-refractivity contribution is 0.0619. The standard InChI is InChI=1S/C17H19BrN2O3.ClH/c1-12-10-19-7-8-20(12)17(21)16-6-5-15(23-16)11-22-14-4-2-3-13(18)9-14;/h2-6,9,12,19H,7-8,10-11H2,1H3;1H/t12-;/m0./s1. The Labute approximate surface area is 155 Å². The van der Waals surface area contributed by atoms with Crippen molar-refractivity contribution in [3.63, 3.8) is 0 Å². The molecule has 1 fully saturated rings. The van der Waals surface area contributed by atoms with Crippen LogP contribution in [-0.4, -0.2) is 36.5 Å². The number of carbonyl (C=O) groups excluding carboxylic acids is 1. The minimum absolute atomic E-state index is 0. The van der Waals surface area contributed by atoms with Crippen molar-refractivity contribution in [2.45, 2.75) is 19.6 Å². The molecule has 0 bridgehead atoms. The smallest absolute Gasteiger partial charge is 0.289 e. The first-order chi connectivity index (χ1) is 11.1. The van der Waals surface area contributed by atoms with Crippen LogP contribution in [0.2, 0.25) is 0 Å². The summed E-state index contributed by atoms with van der Waals surface area (Å²) in [5, 5.41) is 3.27. The van der Waals surface area contributed by atoms with Crippen LogP contribution in [-0.2, 0) is 6.61 Å². The summed E-state index contributed by atoms with van der Waals surface area (Å²) in [6, 6.07) is 11.3. The van der Waals surface area contributed by atoms with Gasteiger partial charge in [0.25, 0.3) is 5.91 Å². The highest BCUT2D eigenvalue weighted by molar-refractivity contribution is 9.10. The average molecular weight is 416 g/mol. The van der Waals surface area contributed by atoms with Gasteiger partial charge in [-0.15, -0.1) is 12.4 Å². The molecule has 0 aliphatic carbocycles. The van der Waals surface area contributed by atoms with Crippen LogP contribution in [0, 0.1) is 0 Å². The van der Waals surface area contributed by atoms with Crippen molar-refractivity contribution in [2.24, 2.45) is 0 Å². The normalized spacial score (nSPS) is 17.2. The number of ether oxygens (including phenoxy) is 1. The van der Waals surface area contributed by atoms with E-state index in [4.69, 9.17) is 9.15 Å². The highest BCUT2D eigenvalue weighted by atomic mass is 79.9. The third-order valence-corrected chi connectivity index (χ3v) is 4.31. The number of rotatable bonds is 4. The predicted molar refractivity (Wildman–Crippen MR) is 97.8 cm³/mol. The van der Waals surface area contributed by atoms with Gasteiger partial charge in [0.2, 0.25) is 0 Å². The number of nitrogens with one attached hydrogen (secondary N) is 1. The van der Waals surface area contributed by atoms with Gasteiger partial charge in [-0.25, -0.2) is 0 Å². The van der Waals surface area contributed by atoms with Gasteiger partial charge >= 0.3 is 0 Å². The van der Waals surface area contributed by atoms with Gasteiger partial charge in [0, 0.05) is 30.1 Å². The topological polar surface area (TPSA) is 54.7 Å². The Morgan fingerprint density at radius 1 is 1.42 bits per heavy atom. The maximum atomic E-state index is 12.5. The molecule has 0 spiro atoms. The highest BCUT2D eigenvalue weighted by Crippen LogP contribution is 2.20. The zero-order valence-corrected chi connectivity index (χ0v) is 15.7. The highest BCUT2D eigenvalue weighted by Gasteiger charge is 2.26. The largest absolute Gasteiger partial charge is 0.486 e. The van der Waals surface area contributed by atoms with Crippen molar-refractivity contribution in [1.29, 1.82) is 0 Å². The lowest BCUT2D eigenvalue weighted by atomic mass is 10.2. The number of nitrogens with zero attached hydrogens (tertiary/aromatic N) is 1. The summed E-state index contributed by atoms with van der Waals surface area (Å²) in [6.07, 6.45) is 0. The second-order valence-electron chi connectivity index (χ2n) is 5.56. The van der Waals surface area contributed by atoms with E-state index < -0.39 is 0 Å². The first-order valence-electron chi connectivity index (χ1n) is 7.62. The van der Waals surface area contributed by atoms with Gasteiger partial charge in [0.15, 0.2) is 5.76 Å². The van der Waals surface area contributed by atoms with Crippen LogP contribution in [0.3, 0.4) is 0 Å². The van der Waals surface area contributed by atoms with Crippen LogP contribution in [0.15, 0.2) is 45.3 Å². The lowest BCUT2D eigenvalue weighted by Crippen LogP contribution is -2.52. The zero-order chi connectivity index (χ0) is 16.2. The molecule has 1 aromatic heterocycles. The number of benzene rings is 1. The number of halogens is 2. The Morgan fingerprint density at radius 2 is 2.25 bits per heavy atom. The molecule has 2 heterocycles. The maximum Gasteiger partial charge on any atom is 0.289 e. The van der Waals surface area contributed by atoms with Gasteiger partial charge in [-0.3, -0.25) is 4.79 Å². The molecule has 24 heavy (non-hydrogen) atoms. The van der Waals surface area contributed by atoms with Crippen molar-refractivity contribution in [3.8, 4) is 5.75 Å². The van der Waals surface area contributed by atoms with E-state index in [1.807, 2.05) is 36.1 Å². The molecule has 3 rings (SSSR count). The van der Waals surface area contributed by atoms with Gasteiger partial charge < -0.3 is 19.4 Å². The van der Waals surface area contributed by atoms with E-state index in [1.165, 1.54) is 0 Å². The summed E-state index contributed by atoms with van der Waals surface area (Å²) in [7, 11) is 0. The minimum atomic E-state index is -0.0623. The van der Waals surface area contributed by atoms with Crippen LogP contribution in [0.1, 0.15) is 23.2 Å². The lowest BCUT2D eigenvalue weighted by Gasteiger charge is -2.33. The monoisotopic (exact) mass is 414 g/mol. The number of carbonyl (C=O) groups is 1. The van der Waals surface area contributed by atoms with Crippen molar-refractivity contribution in [1.82, 2.24) is 10.2 Å². The van der Waals surface area contributed by atoms with E-state index in [0.717, 1.165) is 23.3 Å². The van der Waals surface area contributed by atoms with Gasteiger partial charge in [0.1, 0.15) is 18.1 Å². The average Bonchev–Trinajstić information content (AvgIpc) is 3.02. The Hall–Kier alpha value is -1.50. The fourth-order valence-corrected chi connectivity index (χ4v) is 2.94. The maximum absolute atomic E-state index is 12.5. The van der Waals surface area contributed by atoms with E-state index in [-0.39, 0.29) is 24.4 Å². The van der Waals surface area contributed by atoms with Crippen LogP contribution >= 0.6 is 28.3 Å². The molecule has 1 N–H and O–H groups in total. The zero-order valence-electron chi connectivity index (χ0n) is 13.3. The first kappa shape index (κ1) is 18.8. The number of hydrogen-bond acceptors (Lipinski definition) is 4. The number of furan rings is 1. The SMILES string of the molecule is C[C@H]1CNCCN1C(=O)c1ccc(COc2cccc(Br)c2)o1.Cl. The summed E-state index contributed by atoms with van der Waals surface area (Å²) in [5.41, 5.74) is 0. The minimum Gasteiger partial charge on any atom is -0.486 e. The quantitative estimate of drug-likeness (QED) is 0.831. The van der Waals surface area contributed by atoms with Crippen LogP contribution in [0.25, 0.3) is 0 Å². The molecular weight excluding hydrogens is 396 g/mol. The molecule has 1 aromatic carbocycles.